The molecular formula is C99H165N23O27. The van der Waals surface area contributed by atoms with E-state index in [1.165, 1.54) is 105 Å². The van der Waals surface area contributed by atoms with Crippen LogP contribution in [0.5, 0.6) is 0 Å². The lowest BCUT2D eigenvalue weighted by Gasteiger charge is -2.25. The minimum absolute atomic E-state index is 0.102. The maximum atomic E-state index is 13.9. The van der Waals surface area contributed by atoms with Crippen LogP contribution >= 0.6 is 0 Å². The molecule has 149 heavy (non-hydrogen) atoms. The van der Waals surface area contributed by atoms with E-state index >= 15 is 0 Å². The molecule has 838 valence electrons. The van der Waals surface area contributed by atoms with Crippen molar-refractivity contribution in [3.05, 3.63) is 47.6 Å². The van der Waals surface area contributed by atoms with Crippen molar-refractivity contribution >= 4 is 136 Å². The first-order chi connectivity index (χ1) is 69.8. The molecule has 0 aromatic heterocycles. The molecule has 2 rings (SSSR count). The average molecular weight is 2110 g/mol. The van der Waals surface area contributed by atoms with E-state index in [0.717, 1.165) is 32.1 Å². The van der Waals surface area contributed by atoms with E-state index in [1.807, 2.05) is 0 Å². The molecule has 0 aliphatic carbocycles. The molecule has 2 aliphatic rings. The number of nitrogens with zero attached hydrogens (tertiary/aromatic N) is 22. The maximum Gasteiger partial charge on any atom is 0.331 e. The fraction of sp³-hybridized carbons (Fsp3) is 0.687. The molecule has 50 nitrogen and oxygen atoms in total. The van der Waals surface area contributed by atoms with Gasteiger partial charge in [-0.05, 0) is 144 Å². The van der Waals surface area contributed by atoms with Gasteiger partial charge in [-0.3, -0.25) is 4.79 Å². The van der Waals surface area contributed by atoms with Crippen LogP contribution in [0.1, 0.15) is 256 Å². The number of amides is 1. The summed E-state index contributed by atoms with van der Waals surface area (Å²) in [5.74, 6) is -22.1. The minimum atomic E-state index is -1.82. The SMILES string of the molecule is C=C(N=C(O)C(N=C(O)C(N=C(O)C(CO)N=C(O)C(=CC)N=C(O)C(C)N=C(O)C(N=C(O)C(C)N=C(O)C(C)N=C(O)C(C)N=C(O)C1CCCN1C(=O)C(=CC)N=C(O)CC(O)CCCCCCCCC)C(C)C)C(C)C)C(C)CC)C(O)=NC(C)C(O)=NC(C(O)=NC(C)C(O)=NC(C(O)=NC(=CC)C(O)=NC1C(O)=NC(C)C(O)=NC(CCN)C(O)=NC(CO)C(O)=NC(C(C)CC)C(=O)OC1C)C(C)C)C(C)C. The van der Waals surface area contributed by atoms with E-state index in [9.17, 15) is 132 Å². The Labute approximate surface area is 870 Å². The fourth-order valence-electron chi connectivity index (χ4n) is 14.2. The zero-order valence-electron chi connectivity index (χ0n) is 90.1. The molecule has 0 spiro atoms. The number of ether oxygens (including phenoxy) is 1. The molecule has 50 heteroatoms. The number of cyclic esters (lactones) is 1. The Morgan fingerprint density at radius 3 is 1.36 bits per heavy atom. The molecule has 22 atom stereocenters. The molecule has 26 N–H and O–H groups in total. The Kier molecular flexibility index (Phi) is 57.8. The van der Waals surface area contributed by atoms with Gasteiger partial charge in [0.15, 0.2) is 30.1 Å². The van der Waals surface area contributed by atoms with Crippen molar-refractivity contribution in [3.8, 4) is 0 Å². The highest BCUT2D eigenvalue weighted by atomic mass is 16.5. The Balaban J connectivity index is 2.46. The number of aliphatic hydroxyl groups excluding tert-OH is 24. The molecule has 0 saturated carbocycles. The standard InChI is InChI=1S/C99H165N23O27/c1-26-32-33-34-35-36-37-39-62(125)44-70(126)109-65(31-6)98(147)122-43-38-40-69(122)91(140)104-54(18)79(128)101-53(17)78(127)102-58(22)83(132)115-71(47(7)8)92(141)105-56(20)81(130)110-63(29-4)86(135)113-67(45-123)89(138)118-74(50(13)14)95(144)119-75(51(15)27-2)96(145)107-55(19)80(129)103-59(23)84(133)116-72(48(9)10)93(142)106-60(24)85(134)117-73(49(11)12)94(143)111-64(30-5)87(136)121-77-61(25)149-99(148)76(52(16)28-3)120-90(139)68(46-124)114-88(137)66(41-42-100)112-82(131)57(21)108-97(77)146/h29-31,47-54,56-62,66-69,71-77,123-125H,19,26-28,32-46,100H2,1-18,20-25H3,(H,101,128)(H,102,127)(H,103,129)(H,104,140)(H,105,141)(H,106,142)(H,107,145)(H,108,146)(H,109,126)(H,110,130)(H,111,143)(H,112,131)(H,113,135)(H,114,137)(H,115,132)(H,116,133)(H,117,134)(H,118,138)(H,119,144)(H,120,139)(H,121,136). The Bertz CT molecular complexity index is 5150. The lowest BCUT2D eigenvalue weighted by Crippen LogP contribution is -2.41. The van der Waals surface area contributed by atoms with Gasteiger partial charge in [0, 0.05) is 13.0 Å². The van der Waals surface area contributed by atoms with E-state index < -0.39 is 323 Å². The summed E-state index contributed by atoms with van der Waals surface area (Å²) in [5.41, 5.74) is 4.14. The smallest absolute Gasteiger partial charge is 0.331 e. The van der Waals surface area contributed by atoms with Gasteiger partial charge < -0.3 is 138 Å². The summed E-state index contributed by atoms with van der Waals surface area (Å²) in [7, 11) is 0. The van der Waals surface area contributed by atoms with Gasteiger partial charge in [-0.2, -0.15) is 0 Å². The Hall–Kier alpha value is -13.4. The fourth-order valence-corrected chi connectivity index (χ4v) is 14.2. The number of likely N-dealkylation sites (tertiary alicyclic amines) is 1. The van der Waals surface area contributed by atoms with Gasteiger partial charge in [0.25, 0.3) is 5.91 Å². The largest absolute Gasteiger partial charge is 0.496 e. The number of carbonyl (C=O) groups excluding carboxylic acids is 2. The van der Waals surface area contributed by atoms with E-state index in [1.54, 1.807) is 90.0 Å². The summed E-state index contributed by atoms with van der Waals surface area (Å²) in [6, 6.07) is -25.4. The number of carbonyl (C=O) groups is 2. The first kappa shape index (κ1) is 132. The molecule has 0 radical (unpaired) electrons. The minimum Gasteiger partial charge on any atom is -0.496 e. The van der Waals surface area contributed by atoms with Gasteiger partial charge in [-0.25, -0.2) is 110 Å². The number of hydrogen-bond donors (Lipinski definition) is 25. The van der Waals surface area contributed by atoms with Crippen LogP contribution in [0.4, 0.5) is 0 Å². The van der Waals surface area contributed by atoms with Crippen molar-refractivity contribution in [1.82, 2.24) is 4.90 Å². The molecule has 1 amide bonds. The predicted molar refractivity (Wildman–Crippen MR) is 585 cm³/mol. The summed E-state index contributed by atoms with van der Waals surface area (Å²) in [4.78, 5) is 115. The monoisotopic (exact) mass is 2110 g/mol. The normalized spacial score (nSPS) is 23.0. The van der Waals surface area contributed by atoms with Gasteiger partial charge in [-0.1, -0.05) is 173 Å². The van der Waals surface area contributed by atoms with Crippen LogP contribution in [-0.4, -0.2) is 410 Å². The quantitative estimate of drug-likeness (QED) is 0.00884. The van der Waals surface area contributed by atoms with Gasteiger partial charge in [0.05, 0.1) is 19.3 Å². The first-order valence-corrected chi connectivity index (χ1v) is 50.2. The third-order valence-corrected chi connectivity index (χ3v) is 23.9. The zero-order valence-corrected chi connectivity index (χ0v) is 90.1. The van der Waals surface area contributed by atoms with Crippen LogP contribution in [0, 0.1) is 35.5 Å². The number of unbranched alkanes of at least 4 members (excludes halogenated alkanes) is 6. The van der Waals surface area contributed by atoms with E-state index in [4.69, 9.17) is 10.5 Å². The van der Waals surface area contributed by atoms with Crippen molar-refractivity contribution in [2.75, 3.05) is 26.3 Å². The van der Waals surface area contributed by atoms with E-state index in [-0.39, 0.29) is 38.0 Å². The summed E-state index contributed by atoms with van der Waals surface area (Å²) in [6.45, 7) is 38.3. The Morgan fingerprint density at radius 1 is 0.463 bits per heavy atom. The lowest BCUT2D eigenvalue weighted by atomic mass is 9.98. The van der Waals surface area contributed by atoms with Crippen LogP contribution in [-0.2, 0) is 14.3 Å². The molecule has 22 unspecified atom stereocenters. The van der Waals surface area contributed by atoms with Gasteiger partial charge in [-0.15, -0.1) is 0 Å². The summed E-state index contributed by atoms with van der Waals surface area (Å²) in [5, 5.41) is 268. The Morgan fingerprint density at radius 2 is 0.886 bits per heavy atom. The maximum absolute atomic E-state index is 13.9. The van der Waals surface area contributed by atoms with E-state index in [0.29, 0.717) is 25.7 Å². The highest BCUT2D eigenvalue weighted by Gasteiger charge is 2.40. The molecule has 1 fully saturated rings. The highest BCUT2D eigenvalue weighted by Crippen LogP contribution is 2.27. The predicted octanol–water partition coefficient (Wildman–Crippen LogP) is 13.6. The highest BCUT2D eigenvalue weighted by molar-refractivity contribution is 6.03. The third kappa shape index (κ3) is 43.0. The average Bonchev–Trinajstić information content (AvgIpc) is 1.70. The first-order valence-electron chi connectivity index (χ1n) is 50.2. The van der Waals surface area contributed by atoms with Gasteiger partial charge in [0.1, 0.15) is 113 Å². The third-order valence-electron chi connectivity index (χ3n) is 23.9. The molecule has 0 aromatic carbocycles. The number of rotatable bonds is 56. The van der Waals surface area contributed by atoms with E-state index in [2.05, 4.69) is 118 Å². The van der Waals surface area contributed by atoms with Crippen molar-refractivity contribution in [2.45, 2.75) is 377 Å². The number of aliphatic imine (C=N–C) groups is 21. The second kappa shape index (κ2) is 65.5. The van der Waals surface area contributed by atoms with Crippen LogP contribution in [0.3, 0.4) is 0 Å². The summed E-state index contributed by atoms with van der Waals surface area (Å²) in [6.07, 6.45) is 10.3. The number of hydrogen-bond acceptors (Lipinski definition) is 28. The van der Waals surface area contributed by atoms with Crippen LogP contribution in [0.25, 0.3) is 0 Å². The molecule has 0 bridgehead atoms. The molecule has 2 aliphatic heterocycles. The second-order valence-corrected chi connectivity index (χ2v) is 37.7. The zero-order chi connectivity index (χ0) is 114. The number of esters is 1. The topological polar surface area (TPSA) is 818 Å². The van der Waals surface area contributed by atoms with Crippen molar-refractivity contribution in [2.24, 2.45) is 146 Å². The lowest BCUT2D eigenvalue weighted by molar-refractivity contribution is -0.151. The number of allylic oxidation sites excluding steroid dienone is 3. The molecular weight excluding hydrogens is 1940 g/mol. The van der Waals surface area contributed by atoms with Crippen molar-refractivity contribution in [3.63, 3.8) is 0 Å². The van der Waals surface area contributed by atoms with Crippen LogP contribution in [0.15, 0.2) is 152 Å². The second-order valence-electron chi connectivity index (χ2n) is 37.7. The molecule has 1 saturated heterocycles. The van der Waals surface area contributed by atoms with Gasteiger partial charge >= 0.3 is 5.97 Å². The molecule has 2 heterocycles. The van der Waals surface area contributed by atoms with Crippen molar-refractivity contribution in [1.29, 1.82) is 0 Å². The van der Waals surface area contributed by atoms with Crippen LogP contribution < -0.4 is 5.73 Å². The summed E-state index contributed by atoms with van der Waals surface area (Å²) >= 11 is 0. The summed E-state index contributed by atoms with van der Waals surface area (Å²) < 4.78 is 5.72. The van der Waals surface area contributed by atoms with Crippen molar-refractivity contribution < 1.29 is 137 Å². The molecule has 0 aromatic rings. The van der Waals surface area contributed by atoms with Crippen LogP contribution in [0.2, 0.25) is 0 Å². The number of aliphatic hydroxyl groups is 24. The van der Waals surface area contributed by atoms with Gasteiger partial charge in [0.2, 0.25) is 118 Å². The number of nitrogens with two attached hydrogens (primary N) is 1.